The topological polar surface area (TPSA) is 17.1 Å². The van der Waals surface area contributed by atoms with Crippen LogP contribution in [-0.2, 0) is 4.79 Å². The molecule has 0 aromatic heterocycles. The molecule has 0 N–H and O–H groups in total. The molecule has 18 heavy (non-hydrogen) atoms. The predicted molar refractivity (Wildman–Crippen MR) is 74.3 cm³/mol. The third kappa shape index (κ3) is 2.55. The van der Waals surface area contributed by atoms with Crippen LogP contribution < -0.4 is 0 Å². The molecular formula is C17H26O. The molecule has 0 spiro atoms. The van der Waals surface area contributed by atoms with Crippen molar-refractivity contribution in [1.82, 2.24) is 0 Å². The Morgan fingerprint density at radius 1 is 0.944 bits per heavy atom. The second kappa shape index (κ2) is 5.19. The van der Waals surface area contributed by atoms with Gasteiger partial charge in [0.2, 0.25) is 0 Å². The van der Waals surface area contributed by atoms with E-state index in [0.29, 0.717) is 5.78 Å². The van der Waals surface area contributed by atoms with E-state index in [1.807, 2.05) is 6.08 Å². The van der Waals surface area contributed by atoms with Crippen LogP contribution in [0, 0.1) is 23.7 Å². The van der Waals surface area contributed by atoms with Gasteiger partial charge in [-0.15, -0.1) is 0 Å². The summed E-state index contributed by atoms with van der Waals surface area (Å²) in [5, 5.41) is 0. The van der Waals surface area contributed by atoms with Gasteiger partial charge in [-0.25, -0.2) is 0 Å². The first-order chi connectivity index (χ1) is 8.72. The molecule has 1 nitrogen and oxygen atoms in total. The fourth-order valence-electron chi connectivity index (χ4n) is 4.46. The highest BCUT2D eigenvalue weighted by Crippen LogP contribution is 2.45. The highest BCUT2D eigenvalue weighted by molar-refractivity contribution is 5.91. The highest BCUT2D eigenvalue weighted by Gasteiger charge is 2.34. The van der Waals surface area contributed by atoms with Crippen LogP contribution in [0.1, 0.15) is 64.7 Å². The summed E-state index contributed by atoms with van der Waals surface area (Å²) >= 11 is 0. The zero-order valence-electron chi connectivity index (χ0n) is 11.7. The Balaban J connectivity index is 1.61. The third-order valence-electron chi connectivity index (χ3n) is 5.73. The largest absolute Gasteiger partial charge is 0.295 e. The maximum absolute atomic E-state index is 11.5. The lowest BCUT2D eigenvalue weighted by molar-refractivity contribution is -0.115. The van der Waals surface area contributed by atoms with E-state index in [0.717, 1.165) is 36.5 Å². The normalized spacial score (nSPS) is 41.2. The second-order valence-corrected chi connectivity index (χ2v) is 6.98. The van der Waals surface area contributed by atoms with Crippen LogP contribution in [0.25, 0.3) is 0 Å². The van der Waals surface area contributed by atoms with Crippen LogP contribution in [0.15, 0.2) is 11.6 Å². The molecule has 0 aromatic rings. The van der Waals surface area contributed by atoms with Crippen molar-refractivity contribution in [2.24, 2.45) is 23.7 Å². The zero-order chi connectivity index (χ0) is 12.5. The Morgan fingerprint density at radius 2 is 1.72 bits per heavy atom. The monoisotopic (exact) mass is 246 g/mol. The van der Waals surface area contributed by atoms with Crippen LogP contribution in [0.3, 0.4) is 0 Å². The standard InChI is InChI=1S/C17H26O/c1-12-2-4-13(5-3-12)14-6-7-16-11-17(18)9-8-15(16)10-14/h11-15H,2-10H2,1H3. The second-order valence-electron chi connectivity index (χ2n) is 6.98. The van der Waals surface area contributed by atoms with Crippen LogP contribution in [0.2, 0.25) is 0 Å². The van der Waals surface area contributed by atoms with Gasteiger partial charge in [0, 0.05) is 6.42 Å². The first-order valence-corrected chi connectivity index (χ1v) is 7.95. The lowest BCUT2D eigenvalue weighted by Crippen LogP contribution is -2.29. The van der Waals surface area contributed by atoms with Crippen molar-refractivity contribution in [2.45, 2.75) is 64.7 Å². The molecule has 2 atom stereocenters. The number of ketones is 1. The van der Waals surface area contributed by atoms with Crippen LogP contribution >= 0.6 is 0 Å². The Kier molecular flexibility index (Phi) is 3.59. The van der Waals surface area contributed by atoms with Gasteiger partial charge < -0.3 is 0 Å². The summed E-state index contributed by atoms with van der Waals surface area (Å²) in [6.07, 6.45) is 13.7. The fraction of sp³-hybridized carbons (Fsp3) is 0.824. The van der Waals surface area contributed by atoms with Crippen molar-refractivity contribution in [3.8, 4) is 0 Å². The Labute approximate surface area is 111 Å². The quantitative estimate of drug-likeness (QED) is 0.665. The molecule has 0 heterocycles. The number of allylic oxidation sites excluding steroid dienone is 2. The van der Waals surface area contributed by atoms with E-state index in [-0.39, 0.29) is 0 Å². The fourth-order valence-corrected chi connectivity index (χ4v) is 4.46. The van der Waals surface area contributed by atoms with E-state index in [2.05, 4.69) is 6.92 Å². The molecule has 2 unspecified atom stereocenters. The average Bonchev–Trinajstić information content (AvgIpc) is 2.39. The summed E-state index contributed by atoms with van der Waals surface area (Å²) in [6, 6.07) is 0. The minimum atomic E-state index is 0.381. The Bertz CT molecular complexity index is 347. The van der Waals surface area contributed by atoms with Crippen molar-refractivity contribution in [1.29, 1.82) is 0 Å². The summed E-state index contributed by atoms with van der Waals surface area (Å²) < 4.78 is 0. The number of carbonyl (C=O) groups excluding carboxylic acids is 1. The van der Waals surface area contributed by atoms with Crippen molar-refractivity contribution in [3.63, 3.8) is 0 Å². The van der Waals surface area contributed by atoms with E-state index in [1.165, 1.54) is 50.5 Å². The lowest BCUT2D eigenvalue weighted by atomic mass is 9.65. The third-order valence-corrected chi connectivity index (χ3v) is 5.73. The van der Waals surface area contributed by atoms with E-state index in [9.17, 15) is 4.79 Å². The van der Waals surface area contributed by atoms with Gasteiger partial charge in [-0.05, 0) is 68.3 Å². The molecular weight excluding hydrogens is 220 g/mol. The predicted octanol–water partition coefficient (Wildman–Crippen LogP) is 4.52. The van der Waals surface area contributed by atoms with Gasteiger partial charge in [0.1, 0.15) is 0 Å². The summed E-state index contributed by atoms with van der Waals surface area (Å²) in [5.41, 5.74) is 1.49. The SMILES string of the molecule is CC1CCC(C2CCC3=CC(=O)CCC3C2)CC1. The number of hydrogen-bond donors (Lipinski definition) is 0. The van der Waals surface area contributed by atoms with Crippen LogP contribution in [0.4, 0.5) is 0 Å². The minimum Gasteiger partial charge on any atom is -0.295 e. The Hall–Kier alpha value is -0.590. The van der Waals surface area contributed by atoms with Crippen LogP contribution in [0.5, 0.6) is 0 Å². The van der Waals surface area contributed by atoms with Crippen molar-refractivity contribution in [2.75, 3.05) is 0 Å². The maximum atomic E-state index is 11.5. The van der Waals surface area contributed by atoms with E-state index in [1.54, 1.807) is 0 Å². The highest BCUT2D eigenvalue weighted by atomic mass is 16.1. The molecule has 2 fully saturated rings. The lowest BCUT2D eigenvalue weighted by Gasteiger charge is -2.40. The number of rotatable bonds is 1. The number of hydrogen-bond acceptors (Lipinski definition) is 1. The molecule has 0 radical (unpaired) electrons. The van der Waals surface area contributed by atoms with Crippen molar-refractivity contribution >= 4 is 5.78 Å². The van der Waals surface area contributed by atoms with Gasteiger partial charge in [0.05, 0.1) is 0 Å². The molecule has 3 aliphatic carbocycles. The maximum Gasteiger partial charge on any atom is 0.155 e. The molecule has 100 valence electrons. The molecule has 0 bridgehead atoms. The van der Waals surface area contributed by atoms with Crippen LogP contribution in [-0.4, -0.2) is 5.78 Å². The molecule has 0 aliphatic heterocycles. The minimum absolute atomic E-state index is 0.381. The van der Waals surface area contributed by atoms with Crippen molar-refractivity contribution < 1.29 is 4.79 Å². The van der Waals surface area contributed by atoms with E-state index in [4.69, 9.17) is 0 Å². The van der Waals surface area contributed by atoms with Gasteiger partial charge in [-0.1, -0.05) is 25.3 Å². The van der Waals surface area contributed by atoms with Gasteiger partial charge in [-0.2, -0.15) is 0 Å². The van der Waals surface area contributed by atoms with E-state index >= 15 is 0 Å². The number of fused-ring (bicyclic) bond motifs is 1. The molecule has 0 aromatic carbocycles. The summed E-state index contributed by atoms with van der Waals surface area (Å²) in [4.78, 5) is 11.5. The number of carbonyl (C=O) groups is 1. The van der Waals surface area contributed by atoms with Gasteiger partial charge in [-0.3, -0.25) is 4.79 Å². The molecule has 1 heteroatoms. The summed E-state index contributed by atoms with van der Waals surface area (Å²) in [6.45, 7) is 2.41. The Morgan fingerprint density at radius 3 is 2.50 bits per heavy atom. The summed E-state index contributed by atoms with van der Waals surface area (Å²) in [7, 11) is 0. The molecule has 0 amide bonds. The van der Waals surface area contributed by atoms with E-state index < -0.39 is 0 Å². The first kappa shape index (κ1) is 12.4. The smallest absolute Gasteiger partial charge is 0.155 e. The summed E-state index contributed by atoms with van der Waals surface area (Å²) in [5.74, 6) is 4.08. The zero-order valence-corrected chi connectivity index (χ0v) is 11.7. The molecule has 2 saturated carbocycles. The first-order valence-electron chi connectivity index (χ1n) is 7.95. The van der Waals surface area contributed by atoms with Gasteiger partial charge in [0.25, 0.3) is 0 Å². The van der Waals surface area contributed by atoms with Gasteiger partial charge >= 0.3 is 0 Å². The average molecular weight is 246 g/mol. The molecule has 3 rings (SSSR count). The molecule has 0 saturated heterocycles. The van der Waals surface area contributed by atoms with Crippen molar-refractivity contribution in [3.05, 3.63) is 11.6 Å². The van der Waals surface area contributed by atoms with Gasteiger partial charge in [0.15, 0.2) is 5.78 Å². The molecule has 3 aliphatic rings.